The number of hydrogen-bond donors (Lipinski definition) is 2. The van der Waals surface area contributed by atoms with E-state index in [0.717, 1.165) is 22.4 Å². The largest absolute Gasteiger partial charge is 0.496 e. The fourth-order valence-electron chi connectivity index (χ4n) is 2.80. The van der Waals surface area contributed by atoms with Gasteiger partial charge in [-0.05, 0) is 36.6 Å². The molecule has 0 aromatic heterocycles. The number of carboxylic acids is 1. The Labute approximate surface area is 130 Å². The van der Waals surface area contributed by atoms with Crippen LogP contribution < -0.4 is 10.1 Å². The van der Waals surface area contributed by atoms with Crippen molar-refractivity contribution in [2.75, 3.05) is 20.2 Å². The number of carbonyl (C=O) groups is 2. The van der Waals surface area contributed by atoms with Crippen molar-refractivity contribution in [3.05, 3.63) is 28.8 Å². The van der Waals surface area contributed by atoms with Crippen LogP contribution in [-0.2, 0) is 16.1 Å². The Morgan fingerprint density at radius 2 is 2.14 bits per heavy atom. The van der Waals surface area contributed by atoms with Crippen LogP contribution in [0.25, 0.3) is 0 Å². The lowest BCUT2D eigenvalue weighted by molar-refractivity contribution is -0.143. The molecule has 0 radical (unpaired) electrons. The Morgan fingerprint density at radius 1 is 1.41 bits per heavy atom. The Bertz CT molecular complexity index is 586. The summed E-state index contributed by atoms with van der Waals surface area (Å²) in [5.74, 6) is -0.342. The van der Waals surface area contributed by atoms with Crippen LogP contribution in [0, 0.1) is 13.8 Å². The number of nitrogens with one attached hydrogen (secondary N) is 1. The second-order valence-electron chi connectivity index (χ2n) is 5.55. The third-order valence-corrected chi connectivity index (χ3v) is 4.25. The van der Waals surface area contributed by atoms with Crippen LogP contribution >= 0.6 is 0 Å². The molecule has 1 fully saturated rings. The normalized spacial score (nSPS) is 18.9. The molecule has 1 aromatic carbocycles. The molecule has 2 rings (SSSR count). The number of carboxylic acid groups (broad SMARTS) is 1. The van der Waals surface area contributed by atoms with Crippen LogP contribution in [0.5, 0.6) is 5.75 Å². The molecule has 1 unspecified atom stereocenters. The number of carbonyl (C=O) groups excluding carboxylic acids is 1. The summed E-state index contributed by atoms with van der Waals surface area (Å²) in [6.07, 6.45) is -0.181. The summed E-state index contributed by atoms with van der Waals surface area (Å²) >= 11 is 0. The molecule has 1 saturated heterocycles. The Morgan fingerprint density at radius 3 is 2.77 bits per heavy atom. The van der Waals surface area contributed by atoms with Gasteiger partial charge in [0.05, 0.1) is 13.5 Å². The summed E-state index contributed by atoms with van der Waals surface area (Å²) in [7, 11) is 1.64. The molecular formula is C16H22N2O4. The highest BCUT2D eigenvalue weighted by Gasteiger charge is 2.31. The van der Waals surface area contributed by atoms with E-state index in [9.17, 15) is 9.59 Å². The fraction of sp³-hybridized carbons (Fsp3) is 0.500. The zero-order chi connectivity index (χ0) is 16.3. The number of methoxy groups -OCH3 is 1. The molecule has 6 nitrogen and oxygen atoms in total. The summed E-state index contributed by atoms with van der Waals surface area (Å²) in [6, 6.07) is 3.27. The van der Waals surface area contributed by atoms with E-state index in [-0.39, 0.29) is 12.3 Å². The molecule has 1 aliphatic heterocycles. The first kappa shape index (κ1) is 16.3. The average Bonchev–Trinajstić information content (AvgIpc) is 2.47. The van der Waals surface area contributed by atoms with Crippen molar-refractivity contribution in [2.24, 2.45) is 0 Å². The van der Waals surface area contributed by atoms with Crippen LogP contribution in [0.15, 0.2) is 12.1 Å². The fourth-order valence-corrected chi connectivity index (χ4v) is 2.80. The van der Waals surface area contributed by atoms with Gasteiger partial charge in [0.1, 0.15) is 11.8 Å². The molecule has 0 aliphatic carbocycles. The quantitative estimate of drug-likeness (QED) is 0.851. The van der Waals surface area contributed by atoms with Gasteiger partial charge in [0.15, 0.2) is 0 Å². The highest BCUT2D eigenvalue weighted by atomic mass is 16.5. The second kappa shape index (κ2) is 6.79. The van der Waals surface area contributed by atoms with Gasteiger partial charge in [-0.2, -0.15) is 0 Å². The van der Waals surface area contributed by atoms with E-state index < -0.39 is 12.0 Å². The number of rotatable bonds is 5. The number of piperazine rings is 1. The standard InChI is InChI=1S/C16H22N2O4/c1-10-11(2)14(22-3)5-4-12(10)9-18-7-6-17-16(21)13(18)8-15(19)20/h4-5,13H,6-9H2,1-3H3,(H,17,21)(H,19,20). The van der Waals surface area contributed by atoms with Crippen LogP contribution in [0.1, 0.15) is 23.1 Å². The molecule has 0 saturated carbocycles. The van der Waals surface area contributed by atoms with Gasteiger partial charge in [-0.1, -0.05) is 6.07 Å². The monoisotopic (exact) mass is 306 g/mol. The van der Waals surface area contributed by atoms with Crippen LogP contribution in [0.3, 0.4) is 0 Å². The molecule has 22 heavy (non-hydrogen) atoms. The first-order valence-corrected chi connectivity index (χ1v) is 7.30. The maximum Gasteiger partial charge on any atom is 0.305 e. The van der Waals surface area contributed by atoms with E-state index >= 15 is 0 Å². The van der Waals surface area contributed by atoms with Gasteiger partial charge in [0, 0.05) is 19.6 Å². The Balaban J connectivity index is 2.22. The first-order valence-electron chi connectivity index (χ1n) is 7.30. The zero-order valence-electron chi connectivity index (χ0n) is 13.2. The van der Waals surface area contributed by atoms with Crippen LogP contribution in [0.4, 0.5) is 0 Å². The van der Waals surface area contributed by atoms with Gasteiger partial charge < -0.3 is 15.2 Å². The zero-order valence-corrected chi connectivity index (χ0v) is 13.2. The molecule has 0 bridgehead atoms. The molecule has 6 heteroatoms. The number of aliphatic carboxylic acids is 1. The summed E-state index contributed by atoms with van der Waals surface area (Å²) < 4.78 is 5.31. The number of hydrogen-bond acceptors (Lipinski definition) is 4. The molecule has 120 valence electrons. The van der Waals surface area contributed by atoms with Gasteiger partial charge in [0.25, 0.3) is 0 Å². The maximum atomic E-state index is 11.9. The molecule has 1 aromatic rings. The van der Waals surface area contributed by atoms with E-state index in [1.807, 2.05) is 30.9 Å². The Kier molecular flexibility index (Phi) is 5.03. The minimum atomic E-state index is -0.963. The van der Waals surface area contributed by atoms with Crippen molar-refractivity contribution in [1.82, 2.24) is 10.2 Å². The van der Waals surface area contributed by atoms with Crippen LogP contribution in [0.2, 0.25) is 0 Å². The third kappa shape index (κ3) is 3.39. The van der Waals surface area contributed by atoms with Crippen molar-refractivity contribution < 1.29 is 19.4 Å². The van der Waals surface area contributed by atoms with E-state index in [4.69, 9.17) is 9.84 Å². The predicted octanol–water partition coefficient (Wildman–Crippen LogP) is 1.09. The Hall–Kier alpha value is -2.08. The number of benzene rings is 1. The summed E-state index contributed by atoms with van der Waals surface area (Å²) in [5, 5.41) is 11.7. The first-order chi connectivity index (χ1) is 10.4. The third-order valence-electron chi connectivity index (χ3n) is 4.25. The molecule has 1 heterocycles. The lowest BCUT2D eigenvalue weighted by Gasteiger charge is -2.34. The smallest absolute Gasteiger partial charge is 0.305 e. The molecular weight excluding hydrogens is 284 g/mol. The number of amides is 1. The van der Waals surface area contributed by atoms with Gasteiger partial charge >= 0.3 is 5.97 Å². The lowest BCUT2D eigenvalue weighted by atomic mass is 10.00. The second-order valence-corrected chi connectivity index (χ2v) is 5.55. The number of ether oxygens (including phenoxy) is 1. The van der Waals surface area contributed by atoms with Gasteiger partial charge in [-0.3, -0.25) is 14.5 Å². The molecule has 1 aliphatic rings. The van der Waals surface area contributed by atoms with Crippen molar-refractivity contribution in [3.8, 4) is 5.75 Å². The highest BCUT2D eigenvalue weighted by molar-refractivity contribution is 5.86. The lowest BCUT2D eigenvalue weighted by Crippen LogP contribution is -2.55. The molecule has 1 atom stereocenters. The van der Waals surface area contributed by atoms with Crippen molar-refractivity contribution in [3.63, 3.8) is 0 Å². The molecule has 2 N–H and O–H groups in total. The van der Waals surface area contributed by atoms with Gasteiger partial charge in [-0.15, -0.1) is 0 Å². The highest BCUT2D eigenvalue weighted by Crippen LogP contribution is 2.25. The topological polar surface area (TPSA) is 78.9 Å². The van der Waals surface area contributed by atoms with E-state index in [0.29, 0.717) is 19.6 Å². The summed E-state index contributed by atoms with van der Waals surface area (Å²) in [6.45, 7) is 5.76. The molecule has 0 spiro atoms. The van der Waals surface area contributed by atoms with Crippen LogP contribution in [-0.4, -0.2) is 48.1 Å². The van der Waals surface area contributed by atoms with Crippen molar-refractivity contribution in [2.45, 2.75) is 32.9 Å². The van der Waals surface area contributed by atoms with Gasteiger partial charge in [0.2, 0.25) is 5.91 Å². The van der Waals surface area contributed by atoms with E-state index in [1.165, 1.54) is 0 Å². The van der Waals surface area contributed by atoms with E-state index in [1.54, 1.807) is 7.11 Å². The SMILES string of the molecule is COc1ccc(CN2CCNC(=O)C2CC(=O)O)c(C)c1C. The molecule has 1 amide bonds. The minimum Gasteiger partial charge on any atom is -0.496 e. The number of nitrogens with zero attached hydrogens (tertiary/aromatic N) is 1. The van der Waals surface area contributed by atoms with Gasteiger partial charge in [-0.25, -0.2) is 0 Å². The summed E-state index contributed by atoms with van der Waals surface area (Å²) in [5.41, 5.74) is 3.26. The minimum absolute atomic E-state index is 0.181. The predicted molar refractivity (Wildman–Crippen MR) is 81.9 cm³/mol. The summed E-state index contributed by atoms with van der Waals surface area (Å²) in [4.78, 5) is 24.9. The van der Waals surface area contributed by atoms with Crippen molar-refractivity contribution in [1.29, 1.82) is 0 Å². The average molecular weight is 306 g/mol. The van der Waals surface area contributed by atoms with Crippen molar-refractivity contribution >= 4 is 11.9 Å². The maximum absolute atomic E-state index is 11.9. The van der Waals surface area contributed by atoms with E-state index in [2.05, 4.69) is 5.32 Å².